The first-order chi connectivity index (χ1) is 10.8. The molecule has 0 saturated carbocycles. The summed E-state index contributed by atoms with van der Waals surface area (Å²) in [6, 6.07) is 14.1. The van der Waals surface area contributed by atoms with Crippen LogP contribution in [0.4, 0.5) is 16.0 Å². The van der Waals surface area contributed by atoms with E-state index in [2.05, 4.69) is 15.3 Å². The Morgan fingerprint density at radius 3 is 2.45 bits per heavy atom. The molecule has 0 fully saturated rings. The minimum absolute atomic E-state index is 0.227. The second-order valence-electron chi connectivity index (χ2n) is 4.62. The standard InChI is InChI=1S/C17H14FN3O/c1-22-15-6-5-12(10-14(15)18)13-7-9-20-17(11-13)21-16-4-2-3-8-19-16/h2-11H,1H3,(H,19,20,21). The Bertz CT molecular complexity index is 778. The van der Waals surface area contributed by atoms with Crippen molar-refractivity contribution in [3.05, 3.63) is 66.7 Å². The fourth-order valence-corrected chi connectivity index (χ4v) is 2.09. The van der Waals surface area contributed by atoms with Crippen molar-refractivity contribution in [3.8, 4) is 16.9 Å². The lowest BCUT2D eigenvalue weighted by Gasteiger charge is -2.08. The Morgan fingerprint density at radius 1 is 0.909 bits per heavy atom. The topological polar surface area (TPSA) is 47.0 Å². The molecule has 3 rings (SSSR count). The largest absolute Gasteiger partial charge is 0.494 e. The van der Waals surface area contributed by atoms with Gasteiger partial charge >= 0.3 is 0 Å². The van der Waals surface area contributed by atoms with Crippen LogP contribution in [0.5, 0.6) is 5.75 Å². The Labute approximate surface area is 127 Å². The summed E-state index contributed by atoms with van der Waals surface area (Å²) in [7, 11) is 1.44. The monoisotopic (exact) mass is 295 g/mol. The first kappa shape index (κ1) is 14.0. The van der Waals surface area contributed by atoms with E-state index in [1.54, 1.807) is 18.5 Å². The number of pyridine rings is 2. The molecule has 1 aromatic carbocycles. The van der Waals surface area contributed by atoms with Gasteiger partial charge in [0, 0.05) is 12.4 Å². The van der Waals surface area contributed by atoms with Crippen LogP contribution in [0.3, 0.4) is 0 Å². The van der Waals surface area contributed by atoms with Crippen LogP contribution in [-0.4, -0.2) is 17.1 Å². The molecule has 0 bridgehead atoms. The summed E-state index contributed by atoms with van der Waals surface area (Å²) >= 11 is 0. The average molecular weight is 295 g/mol. The number of anilines is 2. The molecule has 2 aromatic heterocycles. The minimum atomic E-state index is -0.393. The van der Waals surface area contributed by atoms with Crippen LogP contribution in [0, 0.1) is 5.82 Å². The first-order valence-corrected chi connectivity index (χ1v) is 6.74. The minimum Gasteiger partial charge on any atom is -0.494 e. The SMILES string of the molecule is COc1ccc(-c2ccnc(Nc3ccccn3)c2)cc1F. The normalized spacial score (nSPS) is 10.3. The van der Waals surface area contributed by atoms with E-state index in [1.165, 1.54) is 13.2 Å². The molecule has 0 spiro atoms. The molecule has 0 saturated heterocycles. The van der Waals surface area contributed by atoms with Gasteiger partial charge in [-0.05, 0) is 47.5 Å². The van der Waals surface area contributed by atoms with Gasteiger partial charge in [-0.25, -0.2) is 14.4 Å². The average Bonchev–Trinajstić information content (AvgIpc) is 2.56. The molecule has 0 atom stereocenters. The van der Waals surface area contributed by atoms with Crippen molar-refractivity contribution in [2.75, 3.05) is 12.4 Å². The number of nitrogens with zero attached hydrogens (tertiary/aromatic N) is 2. The number of ether oxygens (including phenoxy) is 1. The number of rotatable bonds is 4. The number of hydrogen-bond acceptors (Lipinski definition) is 4. The Hall–Kier alpha value is -2.95. The van der Waals surface area contributed by atoms with E-state index in [0.717, 1.165) is 11.1 Å². The van der Waals surface area contributed by atoms with Crippen molar-refractivity contribution in [2.45, 2.75) is 0 Å². The van der Waals surface area contributed by atoms with Crippen LogP contribution in [0.15, 0.2) is 60.9 Å². The Balaban J connectivity index is 1.89. The summed E-state index contributed by atoms with van der Waals surface area (Å²) in [5.41, 5.74) is 1.61. The highest BCUT2D eigenvalue weighted by Gasteiger charge is 2.06. The van der Waals surface area contributed by atoms with Crippen LogP contribution in [-0.2, 0) is 0 Å². The predicted octanol–water partition coefficient (Wildman–Crippen LogP) is 4.03. The summed E-state index contributed by atoms with van der Waals surface area (Å²) in [4.78, 5) is 8.43. The van der Waals surface area contributed by atoms with Gasteiger partial charge in [0.2, 0.25) is 0 Å². The van der Waals surface area contributed by atoms with Gasteiger partial charge < -0.3 is 10.1 Å². The maximum Gasteiger partial charge on any atom is 0.165 e. The molecule has 0 amide bonds. The maximum atomic E-state index is 13.8. The van der Waals surface area contributed by atoms with Crippen LogP contribution < -0.4 is 10.1 Å². The highest BCUT2D eigenvalue weighted by molar-refractivity contribution is 5.68. The zero-order valence-electron chi connectivity index (χ0n) is 12.0. The third-order valence-corrected chi connectivity index (χ3v) is 3.17. The van der Waals surface area contributed by atoms with Crippen LogP contribution in [0.1, 0.15) is 0 Å². The molecule has 5 heteroatoms. The number of aromatic nitrogens is 2. The van der Waals surface area contributed by atoms with Gasteiger partial charge in [-0.15, -0.1) is 0 Å². The zero-order valence-corrected chi connectivity index (χ0v) is 12.0. The zero-order chi connectivity index (χ0) is 15.4. The molecule has 2 heterocycles. The number of nitrogens with one attached hydrogen (secondary N) is 1. The lowest BCUT2D eigenvalue weighted by Crippen LogP contribution is -1.95. The van der Waals surface area contributed by atoms with Crippen molar-refractivity contribution in [3.63, 3.8) is 0 Å². The molecule has 0 unspecified atom stereocenters. The van der Waals surface area contributed by atoms with E-state index >= 15 is 0 Å². The third-order valence-electron chi connectivity index (χ3n) is 3.17. The van der Waals surface area contributed by atoms with E-state index in [-0.39, 0.29) is 5.75 Å². The van der Waals surface area contributed by atoms with E-state index in [0.29, 0.717) is 11.6 Å². The molecule has 0 aliphatic rings. The summed E-state index contributed by atoms with van der Waals surface area (Å²) < 4.78 is 18.7. The maximum absolute atomic E-state index is 13.8. The second-order valence-corrected chi connectivity index (χ2v) is 4.62. The molecule has 0 aliphatic carbocycles. The molecule has 1 N–H and O–H groups in total. The molecular formula is C17H14FN3O. The van der Waals surface area contributed by atoms with Gasteiger partial charge in [0.25, 0.3) is 0 Å². The van der Waals surface area contributed by atoms with Crippen molar-refractivity contribution in [2.24, 2.45) is 0 Å². The lowest BCUT2D eigenvalue weighted by molar-refractivity contribution is 0.386. The summed E-state index contributed by atoms with van der Waals surface area (Å²) in [6.45, 7) is 0. The van der Waals surface area contributed by atoms with Crippen molar-refractivity contribution >= 4 is 11.6 Å². The highest BCUT2D eigenvalue weighted by atomic mass is 19.1. The molecule has 22 heavy (non-hydrogen) atoms. The van der Waals surface area contributed by atoms with Crippen LogP contribution in [0.25, 0.3) is 11.1 Å². The van der Waals surface area contributed by atoms with Gasteiger partial charge in [0.1, 0.15) is 11.6 Å². The van der Waals surface area contributed by atoms with E-state index in [9.17, 15) is 4.39 Å². The molecule has 0 aliphatic heterocycles. The molecule has 0 radical (unpaired) electrons. The van der Waals surface area contributed by atoms with Gasteiger partial charge in [0.05, 0.1) is 7.11 Å². The number of benzene rings is 1. The quantitative estimate of drug-likeness (QED) is 0.789. The molecular weight excluding hydrogens is 281 g/mol. The van der Waals surface area contributed by atoms with Crippen molar-refractivity contribution in [1.82, 2.24) is 9.97 Å². The van der Waals surface area contributed by atoms with Crippen LogP contribution in [0.2, 0.25) is 0 Å². The summed E-state index contributed by atoms with van der Waals surface area (Å²) in [5.74, 6) is 1.18. The van der Waals surface area contributed by atoms with Gasteiger partial charge in [-0.3, -0.25) is 0 Å². The van der Waals surface area contributed by atoms with E-state index < -0.39 is 5.82 Å². The van der Waals surface area contributed by atoms with E-state index in [4.69, 9.17) is 4.74 Å². The Morgan fingerprint density at radius 2 is 1.73 bits per heavy atom. The van der Waals surface area contributed by atoms with Crippen molar-refractivity contribution < 1.29 is 9.13 Å². The van der Waals surface area contributed by atoms with Gasteiger partial charge in [0.15, 0.2) is 11.6 Å². The smallest absolute Gasteiger partial charge is 0.165 e. The highest BCUT2D eigenvalue weighted by Crippen LogP contribution is 2.27. The summed E-state index contributed by atoms with van der Waals surface area (Å²) in [6.07, 6.45) is 3.37. The fraction of sp³-hybridized carbons (Fsp3) is 0.0588. The number of hydrogen-bond donors (Lipinski definition) is 1. The van der Waals surface area contributed by atoms with Gasteiger partial charge in [-0.1, -0.05) is 12.1 Å². The van der Waals surface area contributed by atoms with Gasteiger partial charge in [-0.2, -0.15) is 0 Å². The first-order valence-electron chi connectivity index (χ1n) is 6.74. The second kappa shape index (κ2) is 6.22. The predicted molar refractivity (Wildman–Crippen MR) is 83.7 cm³/mol. The van der Waals surface area contributed by atoms with Crippen molar-refractivity contribution in [1.29, 1.82) is 0 Å². The van der Waals surface area contributed by atoms with Crippen LogP contribution >= 0.6 is 0 Å². The molecule has 4 nitrogen and oxygen atoms in total. The number of methoxy groups -OCH3 is 1. The lowest BCUT2D eigenvalue weighted by atomic mass is 10.1. The summed E-state index contributed by atoms with van der Waals surface area (Å²) in [5, 5.41) is 3.11. The van der Waals surface area contributed by atoms with E-state index in [1.807, 2.05) is 36.4 Å². The third kappa shape index (κ3) is 3.03. The molecule has 110 valence electrons. The Kier molecular flexibility index (Phi) is 3.96. The number of halogens is 1. The fourth-order valence-electron chi connectivity index (χ4n) is 2.09. The molecule has 3 aromatic rings.